The fourth-order valence-corrected chi connectivity index (χ4v) is 5.13. The SMILES string of the molecule is Cc1cc(S(=O)(=O)Nc2cc(Cl)cc(C)c2O)sc1Br. The number of phenolic OH excluding ortho intramolecular Hbond substituents is 1. The van der Waals surface area contributed by atoms with E-state index < -0.39 is 10.0 Å². The lowest BCUT2D eigenvalue weighted by atomic mass is 10.2. The molecule has 108 valence electrons. The number of rotatable bonds is 3. The summed E-state index contributed by atoms with van der Waals surface area (Å²) in [7, 11) is -3.75. The van der Waals surface area contributed by atoms with Crippen molar-refractivity contribution in [3.05, 3.63) is 38.1 Å². The number of phenols is 1. The van der Waals surface area contributed by atoms with Crippen LogP contribution in [-0.2, 0) is 10.0 Å². The molecule has 0 bridgehead atoms. The number of benzene rings is 1. The van der Waals surface area contributed by atoms with Gasteiger partial charge in [-0.2, -0.15) is 0 Å². The van der Waals surface area contributed by atoms with Crippen LogP contribution in [0.5, 0.6) is 5.75 Å². The van der Waals surface area contributed by atoms with Crippen LogP contribution >= 0.6 is 38.9 Å². The third-order valence-corrected chi connectivity index (χ3v) is 6.80. The minimum atomic E-state index is -3.75. The predicted molar refractivity (Wildman–Crippen MR) is 85.4 cm³/mol. The molecule has 0 fully saturated rings. The van der Waals surface area contributed by atoms with E-state index in [1.165, 1.54) is 6.07 Å². The van der Waals surface area contributed by atoms with Crippen LogP contribution in [0.4, 0.5) is 5.69 Å². The van der Waals surface area contributed by atoms with Gasteiger partial charge < -0.3 is 5.11 Å². The molecule has 4 nitrogen and oxygen atoms in total. The van der Waals surface area contributed by atoms with Gasteiger partial charge in [0.05, 0.1) is 9.47 Å². The molecule has 2 N–H and O–H groups in total. The van der Waals surface area contributed by atoms with Gasteiger partial charge in [-0.25, -0.2) is 8.42 Å². The van der Waals surface area contributed by atoms with Crippen LogP contribution in [0.3, 0.4) is 0 Å². The molecule has 0 radical (unpaired) electrons. The smallest absolute Gasteiger partial charge is 0.271 e. The molecule has 1 heterocycles. The van der Waals surface area contributed by atoms with Crippen LogP contribution in [0.15, 0.2) is 26.2 Å². The summed E-state index contributed by atoms with van der Waals surface area (Å²) in [6.45, 7) is 3.45. The number of sulfonamides is 1. The number of aryl methyl sites for hydroxylation is 2. The Hall–Kier alpha value is -0.760. The molecule has 0 unspecified atom stereocenters. The lowest BCUT2D eigenvalue weighted by Gasteiger charge is -2.10. The van der Waals surface area contributed by atoms with Crippen molar-refractivity contribution >= 4 is 54.6 Å². The summed E-state index contributed by atoms with van der Waals surface area (Å²) < 4.78 is 27.8. The van der Waals surface area contributed by atoms with Gasteiger partial charge in [-0.15, -0.1) is 11.3 Å². The minimum absolute atomic E-state index is 0.0668. The summed E-state index contributed by atoms with van der Waals surface area (Å²) in [5, 5.41) is 10.2. The second-order valence-electron chi connectivity index (χ2n) is 4.25. The molecule has 0 spiro atoms. The monoisotopic (exact) mass is 395 g/mol. The molecular formula is C12H11BrClNO3S2. The van der Waals surface area contributed by atoms with E-state index in [1.807, 2.05) is 0 Å². The summed E-state index contributed by atoms with van der Waals surface area (Å²) in [5.74, 6) is -0.134. The molecule has 8 heteroatoms. The summed E-state index contributed by atoms with van der Waals surface area (Å²) >= 11 is 10.3. The number of thiophene rings is 1. The van der Waals surface area contributed by atoms with Gasteiger partial charge in [0.15, 0.2) is 0 Å². The Morgan fingerprint density at radius 2 is 1.90 bits per heavy atom. The van der Waals surface area contributed by atoms with Crippen LogP contribution < -0.4 is 4.72 Å². The maximum Gasteiger partial charge on any atom is 0.271 e. The van der Waals surface area contributed by atoms with Crippen molar-refractivity contribution in [1.29, 1.82) is 0 Å². The van der Waals surface area contributed by atoms with Crippen molar-refractivity contribution in [2.75, 3.05) is 4.72 Å². The quantitative estimate of drug-likeness (QED) is 0.761. The van der Waals surface area contributed by atoms with E-state index >= 15 is 0 Å². The van der Waals surface area contributed by atoms with E-state index in [0.717, 1.165) is 20.7 Å². The van der Waals surface area contributed by atoms with Crippen molar-refractivity contribution in [3.8, 4) is 5.75 Å². The fraction of sp³-hybridized carbons (Fsp3) is 0.167. The summed E-state index contributed by atoms with van der Waals surface area (Å²) in [6, 6.07) is 4.49. The highest BCUT2D eigenvalue weighted by Gasteiger charge is 2.20. The molecule has 0 aliphatic rings. The van der Waals surface area contributed by atoms with Crippen LogP contribution in [0.2, 0.25) is 5.02 Å². The van der Waals surface area contributed by atoms with E-state index in [9.17, 15) is 13.5 Å². The van der Waals surface area contributed by atoms with Crippen molar-refractivity contribution < 1.29 is 13.5 Å². The molecule has 0 atom stereocenters. The second-order valence-corrected chi connectivity index (χ2v) is 8.96. The number of aromatic hydroxyl groups is 1. The zero-order valence-corrected chi connectivity index (χ0v) is 14.5. The molecule has 1 aromatic heterocycles. The molecule has 20 heavy (non-hydrogen) atoms. The van der Waals surface area contributed by atoms with E-state index in [2.05, 4.69) is 20.7 Å². The van der Waals surface area contributed by atoms with E-state index in [1.54, 1.807) is 26.0 Å². The molecule has 0 saturated heterocycles. The normalized spacial score (nSPS) is 11.6. The first-order valence-electron chi connectivity index (χ1n) is 5.48. The van der Waals surface area contributed by atoms with Crippen molar-refractivity contribution in [2.45, 2.75) is 18.1 Å². The summed E-state index contributed by atoms with van der Waals surface area (Å²) in [4.78, 5) is 0. The fourth-order valence-electron chi connectivity index (χ4n) is 1.57. The Morgan fingerprint density at radius 3 is 2.45 bits per heavy atom. The highest BCUT2D eigenvalue weighted by atomic mass is 79.9. The zero-order valence-electron chi connectivity index (χ0n) is 10.6. The first-order valence-corrected chi connectivity index (χ1v) is 8.95. The van der Waals surface area contributed by atoms with Crippen molar-refractivity contribution in [2.24, 2.45) is 0 Å². The topological polar surface area (TPSA) is 66.4 Å². The average Bonchev–Trinajstić information content (AvgIpc) is 2.66. The molecule has 2 aromatic rings. The first kappa shape index (κ1) is 15.6. The number of halogens is 2. The van der Waals surface area contributed by atoms with Gasteiger partial charge in [0.25, 0.3) is 10.0 Å². The third kappa shape index (κ3) is 3.11. The Balaban J connectivity index is 2.43. The Bertz CT molecular complexity index is 752. The Labute approximate surface area is 134 Å². The highest BCUT2D eigenvalue weighted by molar-refractivity contribution is 9.11. The van der Waals surface area contributed by atoms with Gasteiger partial charge in [0.2, 0.25) is 0 Å². The van der Waals surface area contributed by atoms with Gasteiger partial charge in [0, 0.05) is 5.02 Å². The third-order valence-electron chi connectivity index (χ3n) is 2.61. The number of nitrogens with one attached hydrogen (secondary N) is 1. The lowest BCUT2D eigenvalue weighted by molar-refractivity contribution is 0.473. The van der Waals surface area contributed by atoms with Gasteiger partial charge in [0.1, 0.15) is 9.96 Å². The molecule has 0 saturated carbocycles. The lowest BCUT2D eigenvalue weighted by Crippen LogP contribution is -2.11. The summed E-state index contributed by atoms with van der Waals surface area (Å²) in [5.41, 5.74) is 1.40. The predicted octanol–water partition coefficient (Wildman–Crippen LogP) is 4.29. The molecule has 0 amide bonds. The first-order chi connectivity index (χ1) is 9.20. The molecule has 1 aromatic carbocycles. The number of anilines is 1. The molecule has 2 rings (SSSR count). The van der Waals surface area contributed by atoms with Crippen LogP contribution in [0, 0.1) is 13.8 Å². The van der Waals surface area contributed by atoms with Gasteiger partial charge in [-0.1, -0.05) is 11.6 Å². The largest absolute Gasteiger partial charge is 0.505 e. The highest BCUT2D eigenvalue weighted by Crippen LogP contribution is 2.35. The number of hydrogen-bond donors (Lipinski definition) is 2. The molecular weight excluding hydrogens is 386 g/mol. The summed E-state index contributed by atoms with van der Waals surface area (Å²) in [6.07, 6.45) is 0. The molecule has 0 aliphatic carbocycles. The van der Waals surface area contributed by atoms with E-state index in [4.69, 9.17) is 11.6 Å². The Kier molecular flexibility index (Phi) is 4.34. The number of hydrogen-bond acceptors (Lipinski definition) is 4. The Morgan fingerprint density at radius 1 is 1.25 bits per heavy atom. The average molecular weight is 397 g/mol. The minimum Gasteiger partial charge on any atom is -0.505 e. The van der Waals surface area contributed by atoms with Crippen LogP contribution in [0.1, 0.15) is 11.1 Å². The maximum absolute atomic E-state index is 12.3. The van der Waals surface area contributed by atoms with Crippen molar-refractivity contribution in [3.63, 3.8) is 0 Å². The van der Waals surface area contributed by atoms with Gasteiger partial charge in [-0.05, 0) is 59.1 Å². The standard InChI is InChI=1S/C12H11BrClNO3S2/c1-6-3-8(14)5-9(11(6)16)15-20(17,18)10-4-7(2)12(13)19-10/h3-5,15-16H,1-2H3. The zero-order chi connectivity index (χ0) is 15.1. The van der Waals surface area contributed by atoms with E-state index in [-0.39, 0.29) is 15.6 Å². The van der Waals surface area contributed by atoms with Gasteiger partial charge >= 0.3 is 0 Å². The van der Waals surface area contributed by atoms with Gasteiger partial charge in [-0.3, -0.25) is 4.72 Å². The van der Waals surface area contributed by atoms with Crippen LogP contribution in [0.25, 0.3) is 0 Å². The second kappa shape index (κ2) is 5.55. The van der Waals surface area contributed by atoms with Crippen molar-refractivity contribution in [1.82, 2.24) is 0 Å². The maximum atomic E-state index is 12.3. The molecule has 0 aliphatic heterocycles. The van der Waals surface area contributed by atoms with E-state index in [0.29, 0.717) is 10.6 Å². The van der Waals surface area contributed by atoms with Crippen LogP contribution in [-0.4, -0.2) is 13.5 Å².